The Balaban J connectivity index is 2.43. The highest BCUT2D eigenvalue weighted by Crippen LogP contribution is 2.04. The first-order valence-electron chi connectivity index (χ1n) is 6.06. The minimum atomic E-state index is -0.214. The van der Waals surface area contributed by atoms with E-state index in [0.29, 0.717) is 0 Å². The van der Waals surface area contributed by atoms with Crippen LogP contribution in [0, 0.1) is 0 Å². The summed E-state index contributed by atoms with van der Waals surface area (Å²) < 4.78 is 0. The standard InChI is InChI=1S/C13H22N2O/c1-3-7-13(16)11-15(4-2)10-12-8-5-6-9-14-12/h5-6,8-9,13,16H,3-4,7,10-11H2,1-2H3. The van der Waals surface area contributed by atoms with Crippen LogP contribution in [0.3, 0.4) is 0 Å². The van der Waals surface area contributed by atoms with Gasteiger partial charge in [0.15, 0.2) is 0 Å². The zero-order chi connectivity index (χ0) is 11.8. The molecule has 0 spiro atoms. The lowest BCUT2D eigenvalue weighted by Gasteiger charge is -2.22. The van der Waals surface area contributed by atoms with Crippen molar-refractivity contribution in [3.8, 4) is 0 Å². The first-order valence-corrected chi connectivity index (χ1v) is 6.06. The van der Waals surface area contributed by atoms with Gasteiger partial charge in [0.2, 0.25) is 0 Å². The molecule has 0 bridgehead atoms. The number of hydrogen-bond donors (Lipinski definition) is 1. The maximum atomic E-state index is 9.77. The lowest BCUT2D eigenvalue weighted by Crippen LogP contribution is -2.32. The summed E-state index contributed by atoms with van der Waals surface area (Å²) in [7, 11) is 0. The van der Waals surface area contributed by atoms with Gasteiger partial charge in [0.25, 0.3) is 0 Å². The molecule has 1 aromatic heterocycles. The molecule has 0 aliphatic heterocycles. The highest BCUT2D eigenvalue weighted by molar-refractivity contribution is 5.03. The van der Waals surface area contributed by atoms with Crippen molar-refractivity contribution in [2.45, 2.75) is 39.3 Å². The summed E-state index contributed by atoms with van der Waals surface area (Å²) in [5.41, 5.74) is 1.06. The Hall–Kier alpha value is -0.930. The van der Waals surface area contributed by atoms with E-state index in [4.69, 9.17) is 0 Å². The highest BCUT2D eigenvalue weighted by atomic mass is 16.3. The Morgan fingerprint density at radius 2 is 2.19 bits per heavy atom. The fourth-order valence-corrected chi connectivity index (χ4v) is 1.75. The van der Waals surface area contributed by atoms with E-state index in [1.165, 1.54) is 0 Å². The monoisotopic (exact) mass is 222 g/mol. The van der Waals surface area contributed by atoms with Gasteiger partial charge in [0.05, 0.1) is 11.8 Å². The third-order valence-corrected chi connectivity index (χ3v) is 2.65. The molecule has 0 aliphatic carbocycles. The van der Waals surface area contributed by atoms with Gasteiger partial charge in [-0.1, -0.05) is 26.3 Å². The number of rotatable bonds is 7. The molecule has 0 aliphatic rings. The van der Waals surface area contributed by atoms with E-state index in [1.54, 1.807) is 0 Å². The van der Waals surface area contributed by atoms with E-state index in [0.717, 1.165) is 38.2 Å². The van der Waals surface area contributed by atoms with Gasteiger partial charge >= 0.3 is 0 Å². The minimum absolute atomic E-state index is 0.214. The number of hydrogen-bond acceptors (Lipinski definition) is 3. The van der Waals surface area contributed by atoms with Gasteiger partial charge in [0.1, 0.15) is 0 Å². The molecule has 3 heteroatoms. The Bertz CT molecular complexity index is 277. The molecule has 1 unspecified atom stereocenters. The first-order chi connectivity index (χ1) is 7.76. The molecular formula is C13H22N2O. The van der Waals surface area contributed by atoms with E-state index < -0.39 is 0 Å². The van der Waals surface area contributed by atoms with Gasteiger partial charge in [-0.15, -0.1) is 0 Å². The predicted molar refractivity (Wildman–Crippen MR) is 66.1 cm³/mol. The van der Waals surface area contributed by atoms with Gasteiger partial charge in [-0.3, -0.25) is 9.88 Å². The predicted octanol–water partition coefficient (Wildman–Crippen LogP) is 2.06. The summed E-state index contributed by atoms with van der Waals surface area (Å²) >= 11 is 0. The molecule has 0 aromatic carbocycles. The van der Waals surface area contributed by atoms with Crippen molar-refractivity contribution >= 4 is 0 Å². The second kappa shape index (κ2) is 7.36. The number of pyridine rings is 1. The van der Waals surface area contributed by atoms with Gasteiger partial charge in [0, 0.05) is 19.3 Å². The summed E-state index contributed by atoms with van der Waals surface area (Å²) in [4.78, 5) is 6.52. The van der Waals surface area contributed by atoms with E-state index in [-0.39, 0.29) is 6.10 Å². The minimum Gasteiger partial charge on any atom is -0.392 e. The fourth-order valence-electron chi connectivity index (χ4n) is 1.75. The summed E-state index contributed by atoms with van der Waals surface area (Å²) in [6.07, 6.45) is 3.50. The number of aromatic nitrogens is 1. The van der Waals surface area contributed by atoms with Crippen LogP contribution in [0.25, 0.3) is 0 Å². The number of aliphatic hydroxyl groups is 1. The highest BCUT2D eigenvalue weighted by Gasteiger charge is 2.10. The van der Waals surface area contributed by atoms with Crippen molar-refractivity contribution in [1.82, 2.24) is 9.88 Å². The van der Waals surface area contributed by atoms with E-state index >= 15 is 0 Å². The third-order valence-electron chi connectivity index (χ3n) is 2.65. The summed E-state index contributed by atoms with van der Waals surface area (Å²) in [6, 6.07) is 5.94. The second-order valence-electron chi connectivity index (χ2n) is 4.09. The van der Waals surface area contributed by atoms with Crippen molar-refractivity contribution in [3.63, 3.8) is 0 Å². The molecule has 0 radical (unpaired) electrons. The van der Waals surface area contributed by atoms with E-state index in [1.807, 2.05) is 24.4 Å². The normalized spacial score (nSPS) is 13.0. The van der Waals surface area contributed by atoms with Gasteiger partial charge in [-0.2, -0.15) is 0 Å². The summed E-state index contributed by atoms with van der Waals surface area (Å²) in [5, 5.41) is 9.77. The molecule has 0 saturated carbocycles. The van der Waals surface area contributed by atoms with Gasteiger partial charge < -0.3 is 5.11 Å². The Morgan fingerprint density at radius 3 is 2.75 bits per heavy atom. The molecular weight excluding hydrogens is 200 g/mol. The van der Waals surface area contributed by atoms with Gasteiger partial charge in [-0.05, 0) is 25.1 Å². The SMILES string of the molecule is CCCC(O)CN(CC)Cc1ccccn1. The van der Waals surface area contributed by atoms with Crippen LogP contribution in [0.15, 0.2) is 24.4 Å². The molecule has 3 nitrogen and oxygen atoms in total. The molecule has 90 valence electrons. The molecule has 1 atom stereocenters. The lowest BCUT2D eigenvalue weighted by atomic mass is 10.2. The first kappa shape index (κ1) is 13.1. The third kappa shape index (κ3) is 4.73. The zero-order valence-corrected chi connectivity index (χ0v) is 10.3. The zero-order valence-electron chi connectivity index (χ0n) is 10.3. The summed E-state index contributed by atoms with van der Waals surface area (Å²) in [5.74, 6) is 0. The van der Waals surface area contributed by atoms with Gasteiger partial charge in [-0.25, -0.2) is 0 Å². The van der Waals surface area contributed by atoms with Crippen molar-refractivity contribution in [3.05, 3.63) is 30.1 Å². The van der Waals surface area contributed by atoms with Crippen LogP contribution in [-0.4, -0.2) is 34.2 Å². The molecule has 0 saturated heterocycles. The van der Waals surface area contributed by atoms with Crippen molar-refractivity contribution in [2.24, 2.45) is 0 Å². The largest absolute Gasteiger partial charge is 0.392 e. The smallest absolute Gasteiger partial charge is 0.0667 e. The van der Waals surface area contributed by atoms with Crippen LogP contribution in [0.1, 0.15) is 32.4 Å². The van der Waals surface area contributed by atoms with Crippen LogP contribution in [0.2, 0.25) is 0 Å². The fraction of sp³-hybridized carbons (Fsp3) is 0.615. The lowest BCUT2D eigenvalue weighted by molar-refractivity contribution is 0.103. The number of nitrogens with zero attached hydrogens (tertiary/aromatic N) is 2. The van der Waals surface area contributed by atoms with E-state index in [9.17, 15) is 5.11 Å². The molecule has 1 aromatic rings. The summed E-state index contributed by atoms with van der Waals surface area (Å²) in [6.45, 7) is 6.70. The quantitative estimate of drug-likeness (QED) is 0.767. The van der Waals surface area contributed by atoms with Crippen molar-refractivity contribution in [2.75, 3.05) is 13.1 Å². The van der Waals surface area contributed by atoms with Crippen molar-refractivity contribution < 1.29 is 5.11 Å². The topological polar surface area (TPSA) is 36.4 Å². The maximum Gasteiger partial charge on any atom is 0.0667 e. The molecule has 0 fully saturated rings. The molecule has 1 rings (SSSR count). The average molecular weight is 222 g/mol. The second-order valence-corrected chi connectivity index (χ2v) is 4.09. The molecule has 0 amide bonds. The molecule has 1 N–H and O–H groups in total. The maximum absolute atomic E-state index is 9.77. The van der Waals surface area contributed by atoms with E-state index in [2.05, 4.69) is 23.7 Å². The Kier molecular flexibility index (Phi) is 6.04. The average Bonchev–Trinajstić information content (AvgIpc) is 2.30. The van der Waals surface area contributed by atoms with Crippen molar-refractivity contribution in [1.29, 1.82) is 0 Å². The van der Waals surface area contributed by atoms with Crippen LogP contribution < -0.4 is 0 Å². The Labute approximate surface area is 98.1 Å². The molecule has 16 heavy (non-hydrogen) atoms. The Morgan fingerprint density at radius 1 is 1.38 bits per heavy atom. The molecule has 1 heterocycles. The van der Waals surface area contributed by atoms with Crippen LogP contribution in [0.4, 0.5) is 0 Å². The van der Waals surface area contributed by atoms with Crippen LogP contribution >= 0.6 is 0 Å². The number of likely N-dealkylation sites (N-methyl/N-ethyl adjacent to an activating group) is 1. The van der Waals surface area contributed by atoms with Crippen LogP contribution in [0.5, 0.6) is 0 Å². The number of aliphatic hydroxyl groups excluding tert-OH is 1. The van der Waals surface area contributed by atoms with Crippen LogP contribution in [-0.2, 0) is 6.54 Å².